The molecule has 0 unspecified atom stereocenters. The van der Waals surface area contributed by atoms with E-state index in [2.05, 4.69) is 10.2 Å². The molecule has 7 nitrogen and oxygen atoms in total. The molecule has 2 amide bonds. The molecular formula is C14H11N3O4. The van der Waals surface area contributed by atoms with Crippen LogP contribution in [-0.4, -0.2) is 33.0 Å². The molecule has 21 heavy (non-hydrogen) atoms. The molecule has 1 N–H and O–H groups in total. The number of aryl methyl sites for hydroxylation is 1. The summed E-state index contributed by atoms with van der Waals surface area (Å²) in [5.41, 5.74) is 1.79. The van der Waals surface area contributed by atoms with Crippen molar-refractivity contribution in [2.24, 2.45) is 0 Å². The smallest absolute Gasteiger partial charge is 0.322 e. The predicted octanol–water partition coefficient (Wildman–Crippen LogP) is 1.39. The third-order valence-corrected chi connectivity index (χ3v) is 3.38. The first kappa shape index (κ1) is 13.0. The van der Waals surface area contributed by atoms with Crippen LogP contribution in [0.1, 0.15) is 42.5 Å². The van der Waals surface area contributed by atoms with E-state index in [1.807, 2.05) is 0 Å². The maximum Gasteiger partial charge on any atom is 0.384 e. The number of aromatic amines is 1. The minimum atomic E-state index is -0.855. The van der Waals surface area contributed by atoms with Crippen LogP contribution in [0.3, 0.4) is 0 Å². The van der Waals surface area contributed by atoms with Gasteiger partial charge >= 0.3 is 5.97 Å². The minimum Gasteiger partial charge on any atom is -0.322 e. The summed E-state index contributed by atoms with van der Waals surface area (Å²) in [7, 11) is 0. The van der Waals surface area contributed by atoms with E-state index in [1.165, 1.54) is 12.1 Å². The zero-order valence-corrected chi connectivity index (χ0v) is 11.3. The Morgan fingerprint density at radius 3 is 2.19 bits per heavy atom. The molecule has 1 aliphatic rings. The van der Waals surface area contributed by atoms with Gasteiger partial charge in [0.25, 0.3) is 11.8 Å². The van der Waals surface area contributed by atoms with Gasteiger partial charge in [0.1, 0.15) is 0 Å². The summed E-state index contributed by atoms with van der Waals surface area (Å²) in [6.07, 6.45) is 0. The van der Waals surface area contributed by atoms with E-state index in [1.54, 1.807) is 26.0 Å². The highest BCUT2D eigenvalue weighted by Crippen LogP contribution is 2.23. The van der Waals surface area contributed by atoms with Crippen molar-refractivity contribution in [2.45, 2.75) is 13.8 Å². The second-order valence-corrected chi connectivity index (χ2v) is 4.65. The van der Waals surface area contributed by atoms with Crippen LogP contribution < -0.4 is 0 Å². The van der Waals surface area contributed by atoms with Gasteiger partial charge in [-0.1, -0.05) is 17.2 Å². The molecule has 2 heterocycles. The van der Waals surface area contributed by atoms with Gasteiger partial charge in [0, 0.05) is 11.3 Å². The highest BCUT2D eigenvalue weighted by atomic mass is 16.7. The fraction of sp³-hybridized carbons (Fsp3) is 0.143. The fourth-order valence-corrected chi connectivity index (χ4v) is 2.06. The van der Waals surface area contributed by atoms with Crippen LogP contribution in [-0.2, 0) is 4.84 Å². The lowest BCUT2D eigenvalue weighted by atomic mass is 10.1. The number of imide groups is 1. The number of aromatic nitrogens is 2. The fourth-order valence-electron chi connectivity index (χ4n) is 2.06. The van der Waals surface area contributed by atoms with Crippen LogP contribution in [0.4, 0.5) is 0 Å². The number of nitrogens with zero attached hydrogens (tertiary/aromatic N) is 2. The topological polar surface area (TPSA) is 92.4 Å². The number of H-pyrrole nitrogens is 1. The van der Waals surface area contributed by atoms with Crippen molar-refractivity contribution in [2.75, 3.05) is 0 Å². The summed E-state index contributed by atoms with van der Waals surface area (Å²) in [5, 5.41) is 6.92. The molecule has 3 rings (SSSR count). The molecule has 0 bridgehead atoms. The van der Waals surface area contributed by atoms with E-state index in [9.17, 15) is 14.4 Å². The number of hydrogen-bond acceptors (Lipinski definition) is 5. The Kier molecular flexibility index (Phi) is 2.83. The maximum absolute atomic E-state index is 12.1. The van der Waals surface area contributed by atoms with Gasteiger partial charge in [0.2, 0.25) is 0 Å². The lowest BCUT2D eigenvalue weighted by Crippen LogP contribution is -2.33. The summed E-state index contributed by atoms with van der Waals surface area (Å²) in [6.45, 7) is 3.44. The molecule has 7 heteroatoms. The van der Waals surface area contributed by atoms with Gasteiger partial charge in [-0.05, 0) is 26.0 Å². The summed E-state index contributed by atoms with van der Waals surface area (Å²) in [4.78, 5) is 41.1. The standard InChI is InChI=1S/C14H11N3O4/c1-7-8(2)15-16-11(7)14(20)21-17-12(18)9-5-3-4-6-10(9)13(17)19/h3-6H,1-2H3,(H,15,16). The number of hydrogen-bond donors (Lipinski definition) is 1. The van der Waals surface area contributed by atoms with E-state index in [-0.39, 0.29) is 16.8 Å². The SMILES string of the molecule is Cc1[nH]nc(C(=O)ON2C(=O)c3ccccc3C2=O)c1C. The summed E-state index contributed by atoms with van der Waals surface area (Å²) >= 11 is 0. The molecule has 0 saturated carbocycles. The van der Waals surface area contributed by atoms with Crippen LogP contribution in [0.25, 0.3) is 0 Å². The Morgan fingerprint density at radius 1 is 1.14 bits per heavy atom. The van der Waals surface area contributed by atoms with Crippen molar-refractivity contribution in [3.63, 3.8) is 0 Å². The molecule has 0 radical (unpaired) electrons. The molecule has 1 aromatic heterocycles. The summed E-state index contributed by atoms with van der Waals surface area (Å²) in [5.74, 6) is -2.17. The normalized spacial score (nSPS) is 13.5. The van der Waals surface area contributed by atoms with Crippen LogP contribution in [0.15, 0.2) is 24.3 Å². The van der Waals surface area contributed by atoms with Crippen LogP contribution in [0.2, 0.25) is 0 Å². The van der Waals surface area contributed by atoms with E-state index >= 15 is 0 Å². The Morgan fingerprint density at radius 2 is 1.71 bits per heavy atom. The molecule has 0 aliphatic carbocycles. The molecule has 1 aliphatic heterocycles. The maximum atomic E-state index is 12.1. The van der Waals surface area contributed by atoms with Gasteiger partial charge in [0.15, 0.2) is 5.69 Å². The second kappa shape index (κ2) is 4.55. The van der Waals surface area contributed by atoms with Crippen molar-refractivity contribution in [3.8, 4) is 0 Å². The number of amides is 2. The Hall–Kier alpha value is -2.96. The highest BCUT2D eigenvalue weighted by molar-refractivity contribution is 6.21. The van der Waals surface area contributed by atoms with Gasteiger partial charge < -0.3 is 4.84 Å². The zero-order chi connectivity index (χ0) is 15.1. The number of hydroxylamine groups is 2. The Bertz CT molecular complexity index is 743. The summed E-state index contributed by atoms with van der Waals surface area (Å²) < 4.78 is 0. The van der Waals surface area contributed by atoms with Gasteiger partial charge in [-0.25, -0.2) is 4.79 Å². The molecule has 0 fully saturated rings. The second-order valence-electron chi connectivity index (χ2n) is 4.65. The van der Waals surface area contributed by atoms with Crippen molar-refractivity contribution in [1.29, 1.82) is 0 Å². The van der Waals surface area contributed by atoms with Crippen LogP contribution >= 0.6 is 0 Å². The number of fused-ring (bicyclic) bond motifs is 1. The van der Waals surface area contributed by atoms with Gasteiger partial charge in [0.05, 0.1) is 11.1 Å². The van der Waals surface area contributed by atoms with Crippen molar-refractivity contribution in [1.82, 2.24) is 15.3 Å². The number of carbonyl (C=O) groups is 3. The van der Waals surface area contributed by atoms with Gasteiger partial charge in [-0.15, -0.1) is 0 Å². The zero-order valence-electron chi connectivity index (χ0n) is 11.3. The lowest BCUT2D eigenvalue weighted by molar-refractivity contribution is -0.0589. The molecular weight excluding hydrogens is 274 g/mol. The molecule has 0 spiro atoms. The van der Waals surface area contributed by atoms with E-state index in [4.69, 9.17) is 4.84 Å². The largest absolute Gasteiger partial charge is 0.384 e. The first-order valence-electron chi connectivity index (χ1n) is 6.22. The average Bonchev–Trinajstić information content (AvgIpc) is 2.93. The molecule has 0 atom stereocenters. The first-order chi connectivity index (χ1) is 10.0. The lowest BCUT2D eigenvalue weighted by Gasteiger charge is -2.11. The van der Waals surface area contributed by atoms with Crippen LogP contribution in [0, 0.1) is 13.8 Å². The van der Waals surface area contributed by atoms with Crippen LogP contribution in [0.5, 0.6) is 0 Å². The van der Waals surface area contributed by atoms with Gasteiger partial charge in [-0.3, -0.25) is 14.7 Å². The van der Waals surface area contributed by atoms with Gasteiger partial charge in [-0.2, -0.15) is 5.10 Å². The molecule has 2 aromatic rings. The van der Waals surface area contributed by atoms with Crippen molar-refractivity contribution >= 4 is 17.8 Å². The number of carbonyl (C=O) groups excluding carboxylic acids is 3. The molecule has 0 saturated heterocycles. The third kappa shape index (κ3) is 1.90. The van der Waals surface area contributed by atoms with Crippen molar-refractivity contribution in [3.05, 3.63) is 52.3 Å². The first-order valence-corrected chi connectivity index (χ1v) is 6.22. The average molecular weight is 285 g/mol. The van der Waals surface area contributed by atoms with E-state index < -0.39 is 17.8 Å². The minimum absolute atomic E-state index is 0.0454. The predicted molar refractivity (Wildman–Crippen MR) is 70.4 cm³/mol. The van der Waals surface area contributed by atoms with Crippen molar-refractivity contribution < 1.29 is 19.2 Å². The third-order valence-electron chi connectivity index (χ3n) is 3.38. The molecule has 106 valence electrons. The number of benzene rings is 1. The quantitative estimate of drug-likeness (QED) is 0.842. The Balaban J connectivity index is 1.87. The monoisotopic (exact) mass is 285 g/mol. The summed E-state index contributed by atoms with van der Waals surface area (Å²) in [6, 6.07) is 6.29. The molecule has 1 aromatic carbocycles. The Labute approximate surface area is 119 Å². The number of nitrogens with one attached hydrogen (secondary N) is 1. The van der Waals surface area contributed by atoms with E-state index in [0.717, 1.165) is 0 Å². The van der Waals surface area contributed by atoms with E-state index in [0.29, 0.717) is 16.3 Å². The highest BCUT2D eigenvalue weighted by Gasteiger charge is 2.39. The number of rotatable bonds is 2.